The zero-order valence-electron chi connectivity index (χ0n) is 11.2. The minimum atomic E-state index is -0.0689. The van der Waals surface area contributed by atoms with E-state index in [0.29, 0.717) is 21.3 Å². The van der Waals surface area contributed by atoms with Gasteiger partial charge in [-0.1, -0.05) is 39.1 Å². The number of nitrogens with one attached hydrogen (secondary N) is 1. The van der Waals surface area contributed by atoms with E-state index in [-0.39, 0.29) is 5.78 Å². The summed E-state index contributed by atoms with van der Waals surface area (Å²) in [7, 11) is 0. The molecule has 0 spiro atoms. The van der Waals surface area contributed by atoms with Crippen molar-refractivity contribution in [3.8, 4) is 0 Å². The first kappa shape index (κ1) is 16.1. The van der Waals surface area contributed by atoms with Gasteiger partial charge in [-0.25, -0.2) is 0 Å². The summed E-state index contributed by atoms with van der Waals surface area (Å²) in [6, 6.07) is 12.4. The number of benzene rings is 2. The van der Waals surface area contributed by atoms with Crippen molar-refractivity contribution in [3.05, 3.63) is 74.3 Å². The van der Waals surface area contributed by atoms with Crippen LogP contribution in [-0.4, -0.2) is 5.78 Å². The van der Waals surface area contributed by atoms with E-state index < -0.39 is 0 Å². The van der Waals surface area contributed by atoms with Crippen LogP contribution in [0.25, 0.3) is 0 Å². The molecule has 0 saturated heterocycles. The van der Waals surface area contributed by atoms with Gasteiger partial charge in [0, 0.05) is 37.5 Å². The van der Waals surface area contributed by atoms with Crippen LogP contribution in [0.5, 0.6) is 0 Å². The molecule has 2 aromatic carbocycles. The van der Waals surface area contributed by atoms with Crippen molar-refractivity contribution >= 4 is 50.6 Å². The Labute approximate surface area is 141 Å². The number of anilines is 1. The van der Waals surface area contributed by atoms with Crippen LogP contribution in [0.4, 0.5) is 5.69 Å². The Bertz CT molecular complexity index is 676. The molecular weight excluding hydrogens is 373 g/mol. The zero-order valence-corrected chi connectivity index (χ0v) is 14.3. The van der Waals surface area contributed by atoms with Crippen LogP contribution in [-0.2, 0) is 0 Å². The molecule has 0 aromatic heterocycles. The lowest BCUT2D eigenvalue weighted by Gasteiger charge is -2.07. The Kier molecular flexibility index (Phi) is 5.45. The van der Waals surface area contributed by atoms with Gasteiger partial charge in [0.05, 0.1) is 0 Å². The maximum atomic E-state index is 12.1. The fraction of sp³-hybridized carbons (Fsp3) is 0.0625. The number of hydrogen-bond donors (Lipinski definition) is 1. The summed E-state index contributed by atoms with van der Waals surface area (Å²) in [6.07, 6.45) is 1.54. The standard InChI is InChI=1S/C16H12BrCl2NO/c1-10(20-15-8-13(18)7-14(19)9-15)6-16(21)11-2-4-12(17)5-3-11/h2-9,20H,1H3/b10-6+. The highest BCUT2D eigenvalue weighted by molar-refractivity contribution is 9.10. The highest BCUT2D eigenvalue weighted by atomic mass is 79.9. The third-order valence-corrected chi connectivity index (χ3v) is 3.65. The van der Waals surface area contributed by atoms with Crippen molar-refractivity contribution in [1.29, 1.82) is 0 Å². The van der Waals surface area contributed by atoms with Crippen LogP contribution < -0.4 is 5.32 Å². The highest BCUT2D eigenvalue weighted by Gasteiger charge is 2.04. The first-order valence-electron chi connectivity index (χ1n) is 6.15. The van der Waals surface area contributed by atoms with Gasteiger partial charge in [0.1, 0.15) is 0 Å². The average Bonchev–Trinajstić information content (AvgIpc) is 2.37. The molecule has 0 unspecified atom stereocenters. The summed E-state index contributed by atoms with van der Waals surface area (Å²) in [5, 5.41) is 4.18. The molecule has 0 amide bonds. The van der Waals surface area contributed by atoms with Crippen LogP contribution >= 0.6 is 39.1 Å². The molecule has 108 valence electrons. The summed E-state index contributed by atoms with van der Waals surface area (Å²) in [5.41, 5.74) is 2.08. The minimum Gasteiger partial charge on any atom is -0.359 e. The molecule has 5 heteroatoms. The van der Waals surface area contributed by atoms with Gasteiger partial charge >= 0.3 is 0 Å². The first-order chi connectivity index (χ1) is 9.94. The molecule has 0 aliphatic heterocycles. The minimum absolute atomic E-state index is 0.0689. The summed E-state index contributed by atoms with van der Waals surface area (Å²) in [4.78, 5) is 12.1. The number of hydrogen-bond acceptors (Lipinski definition) is 2. The smallest absolute Gasteiger partial charge is 0.187 e. The molecule has 0 aliphatic carbocycles. The molecule has 0 heterocycles. The Hall–Kier alpha value is -1.29. The van der Waals surface area contributed by atoms with Gasteiger partial charge in [0.2, 0.25) is 0 Å². The van der Waals surface area contributed by atoms with Crippen molar-refractivity contribution in [2.45, 2.75) is 6.92 Å². The van der Waals surface area contributed by atoms with Gasteiger partial charge in [-0.15, -0.1) is 0 Å². The van der Waals surface area contributed by atoms with Crippen molar-refractivity contribution < 1.29 is 4.79 Å². The lowest BCUT2D eigenvalue weighted by atomic mass is 10.1. The molecular formula is C16H12BrCl2NO. The van der Waals surface area contributed by atoms with Gasteiger partial charge in [-0.05, 0) is 49.4 Å². The number of rotatable bonds is 4. The third-order valence-electron chi connectivity index (χ3n) is 2.68. The third kappa shape index (κ3) is 4.88. The number of allylic oxidation sites excluding steroid dienone is 2. The predicted molar refractivity (Wildman–Crippen MR) is 92.3 cm³/mol. The van der Waals surface area contributed by atoms with E-state index in [4.69, 9.17) is 23.2 Å². The fourth-order valence-corrected chi connectivity index (χ4v) is 2.57. The molecule has 21 heavy (non-hydrogen) atoms. The van der Waals surface area contributed by atoms with E-state index in [2.05, 4.69) is 21.2 Å². The topological polar surface area (TPSA) is 29.1 Å². The average molecular weight is 385 g/mol. The van der Waals surface area contributed by atoms with E-state index in [1.54, 1.807) is 30.3 Å². The zero-order chi connectivity index (χ0) is 15.4. The van der Waals surface area contributed by atoms with Gasteiger partial charge < -0.3 is 5.32 Å². The largest absolute Gasteiger partial charge is 0.359 e. The van der Waals surface area contributed by atoms with Crippen molar-refractivity contribution in [3.63, 3.8) is 0 Å². The Morgan fingerprint density at radius 2 is 1.67 bits per heavy atom. The van der Waals surface area contributed by atoms with E-state index in [1.807, 2.05) is 19.1 Å². The van der Waals surface area contributed by atoms with E-state index >= 15 is 0 Å². The van der Waals surface area contributed by atoms with Gasteiger partial charge in [-0.2, -0.15) is 0 Å². The van der Waals surface area contributed by atoms with Crippen molar-refractivity contribution in [2.75, 3.05) is 5.32 Å². The number of carbonyl (C=O) groups is 1. The molecule has 0 aliphatic rings. The van der Waals surface area contributed by atoms with Crippen molar-refractivity contribution in [2.24, 2.45) is 0 Å². The lowest BCUT2D eigenvalue weighted by molar-refractivity contribution is 0.104. The normalized spacial score (nSPS) is 11.3. The SMILES string of the molecule is C/C(=C\C(=O)c1ccc(Br)cc1)Nc1cc(Cl)cc(Cl)c1. The summed E-state index contributed by atoms with van der Waals surface area (Å²) in [5.74, 6) is -0.0689. The highest BCUT2D eigenvalue weighted by Crippen LogP contribution is 2.23. The molecule has 0 atom stereocenters. The summed E-state index contributed by atoms with van der Waals surface area (Å²) >= 11 is 15.2. The van der Waals surface area contributed by atoms with E-state index in [0.717, 1.165) is 10.2 Å². The van der Waals surface area contributed by atoms with E-state index in [9.17, 15) is 4.79 Å². The molecule has 0 saturated carbocycles. The summed E-state index contributed by atoms with van der Waals surface area (Å²) < 4.78 is 0.937. The van der Waals surface area contributed by atoms with Crippen LogP contribution in [0.2, 0.25) is 10.0 Å². The first-order valence-corrected chi connectivity index (χ1v) is 7.70. The molecule has 1 N–H and O–H groups in total. The second-order valence-corrected chi connectivity index (χ2v) is 6.27. The quantitative estimate of drug-likeness (QED) is 0.520. The number of halogens is 3. The van der Waals surface area contributed by atoms with Crippen LogP contribution in [0.1, 0.15) is 17.3 Å². The number of ketones is 1. The Morgan fingerprint density at radius 3 is 2.24 bits per heavy atom. The Morgan fingerprint density at radius 1 is 1.10 bits per heavy atom. The van der Waals surface area contributed by atoms with E-state index in [1.165, 1.54) is 6.08 Å². The van der Waals surface area contributed by atoms with Crippen LogP contribution in [0.15, 0.2) is 58.7 Å². The second-order valence-electron chi connectivity index (χ2n) is 4.48. The van der Waals surface area contributed by atoms with Gasteiger partial charge in [-0.3, -0.25) is 4.79 Å². The summed E-state index contributed by atoms with van der Waals surface area (Å²) in [6.45, 7) is 1.81. The molecule has 0 fully saturated rings. The predicted octanol–water partition coefficient (Wildman–Crippen LogP) is 5.95. The molecule has 2 nitrogen and oxygen atoms in total. The second kappa shape index (κ2) is 7.12. The Balaban J connectivity index is 2.13. The maximum absolute atomic E-state index is 12.1. The van der Waals surface area contributed by atoms with Crippen LogP contribution in [0, 0.1) is 0 Å². The molecule has 0 bridgehead atoms. The lowest BCUT2D eigenvalue weighted by Crippen LogP contribution is -2.01. The molecule has 2 aromatic rings. The molecule has 0 radical (unpaired) electrons. The number of carbonyl (C=O) groups excluding carboxylic acids is 1. The van der Waals surface area contributed by atoms with Gasteiger partial charge in [0.25, 0.3) is 0 Å². The molecule has 2 rings (SSSR count). The van der Waals surface area contributed by atoms with Gasteiger partial charge in [0.15, 0.2) is 5.78 Å². The van der Waals surface area contributed by atoms with Crippen LogP contribution in [0.3, 0.4) is 0 Å². The monoisotopic (exact) mass is 383 g/mol. The van der Waals surface area contributed by atoms with Crippen molar-refractivity contribution in [1.82, 2.24) is 0 Å². The maximum Gasteiger partial charge on any atom is 0.187 e. The fourth-order valence-electron chi connectivity index (χ4n) is 1.78.